The van der Waals surface area contributed by atoms with Crippen LogP contribution < -0.4 is 10.6 Å². The summed E-state index contributed by atoms with van der Waals surface area (Å²) in [6, 6.07) is 16.2. The van der Waals surface area contributed by atoms with Crippen molar-refractivity contribution >= 4 is 18.0 Å². The summed E-state index contributed by atoms with van der Waals surface area (Å²) in [7, 11) is 0. The third kappa shape index (κ3) is 4.93. The molecular formula is C27H32N2O5. The van der Waals surface area contributed by atoms with E-state index in [9.17, 15) is 14.4 Å². The SMILES string of the molecule is CCC(CCC(=O)O)NC(=O)C1(CNC(=O)OCC2c3ccccc3-c3ccccc32)CCC1. The normalized spacial score (nSPS) is 16.5. The Hall–Kier alpha value is -3.35. The zero-order valence-corrected chi connectivity index (χ0v) is 19.5. The van der Waals surface area contributed by atoms with Gasteiger partial charge in [0.25, 0.3) is 0 Å². The van der Waals surface area contributed by atoms with Crippen molar-refractivity contribution in [2.24, 2.45) is 5.41 Å². The van der Waals surface area contributed by atoms with E-state index in [1.165, 1.54) is 11.1 Å². The van der Waals surface area contributed by atoms with E-state index in [1.807, 2.05) is 31.2 Å². The summed E-state index contributed by atoms with van der Waals surface area (Å²) in [5.74, 6) is -1.00. The number of nitrogens with one attached hydrogen (secondary N) is 2. The third-order valence-corrected chi connectivity index (χ3v) is 7.24. The molecular weight excluding hydrogens is 432 g/mol. The molecule has 34 heavy (non-hydrogen) atoms. The molecule has 0 spiro atoms. The van der Waals surface area contributed by atoms with Gasteiger partial charge >= 0.3 is 12.1 Å². The van der Waals surface area contributed by atoms with Crippen LogP contribution in [0.25, 0.3) is 11.1 Å². The maximum Gasteiger partial charge on any atom is 0.407 e. The van der Waals surface area contributed by atoms with Crippen LogP contribution in [0.15, 0.2) is 48.5 Å². The first-order valence-electron chi connectivity index (χ1n) is 12.0. The fourth-order valence-corrected chi connectivity index (χ4v) is 4.99. The summed E-state index contributed by atoms with van der Waals surface area (Å²) < 4.78 is 5.60. The number of benzene rings is 2. The van der Waals surface area contributed by atoms with Crippen LogP contribution in [-0.2, 0) is 14.3 Å². The van der Waals surface area contributed by atoms with Crippen LogP contribution in [0.5, 0.6) is 0 Å². The summed E-state index contributed by atoms with van der Waals surface area (Å²) in [6.07, 6.45) is 2.85. The zero-order chi connectivity index (χ0) is 24.1. The first kappa shape index (κ1) is 23.8. The standard InChI is InChI=1S/C27H32N2O5/c1-2-18(12-13-24(30)31)29-25(32)27(14-7-15-27)17-28-26(33)34-16-23-21-10-5-3-8-19(21)20-9-4-6-11-22(20)23/h3-6,8-11,18,23H,2,7,12-17H2,1H3,(H,28,33)(H,29,32)(H,30,31). The predicted molar refractivity (Wildman–Crippen MR) is 128 cm³/mol. The van der Waals surface area contributed by atoms with Gasteiger partial charge in [-0.1, -0.05) is 61.9 Å². The van der Waals surface area contributed by atoms with Gasteiger partial charge in [0.15, 0.2) is 0 Å². The van der Waals surface area contributed by atoms with E-state index in [-0.39, 0.29) is 37.4 Å². The van der Waals surface area contributed by atoms with Gasteiger partial charge in [-0.25, -0.2) is 4.79 Å². The van der Waals surface area contributed by atoms with Crippen molar-refractivity contribution in [3.05, 3.63) is 59.7 Å². The minimum Gasteiger partial charge on any atom is -0.481 e. The Balaban J connectivity index is 1.32. The quantitative estimate of drug-likeness (QED) is 0.482. The molecule has 1 fully saturated rings. The number of ether oxygens (including phenoxy) is 1. The maximum atomic E-state index is 13.0. The van der Waals surface area contributed by atoms with Gasteiger partial charge in [-0.2, -0.15) is 0 Å². The van der Waals surface area contributed by atoms with E-state index < -0.39 is 17.5 Å². The van der Waals surface area contributed by atoms with Gasteiger partial charge < -0.3 is 20.5 Å². The van der Waals surface area contributed by atoms with Crippen LogP contribution in [0, 0.1) is 5.41 Å². The second kappa shape index (κ2) is 10.3. The second-order valence-corrected chi connectivity index (χ2v) is 9.32. The van der Waals surface area contributed by atoms with Crippen molar-refractivity contribution in [3.63, 3.8) is 0 Å². The van der Waals surface area contributed by atoms with E-state index in [1.54, 1.807) is 0 Å². The first-order chi connectivity index (χ1) is 16.4. The number of aliphatic carboxylic acids is 1. The van der Waals surface area contributed by atoms with Gasteiger partial charge in [0.05, 0.1) is 5.41 Å². The predicted octanol–water partition coefficient (Wildman–Crippen LogP) is 4.46. The minimum atomic E-state index is -0.872. The summed E-state index contributed by atoms with van der Waals surface area (Å²) >= 11 is 0. The Morgan fingerprint density at radius 1 is 1.06 bits per heavy atom. The molecule has 1 unspecified atom stereocenters. The van der Waals surface area contributed by atoms with Crippen LogP contribution in [0.2, 0.25) is 0 Å². The molecule has 1 saturated carbocycles. The molecule has 2 aromatic rings. The molecule has 7 heteroatoms. The number of hydrogen-bond donors (Lipinski definition) is 3. The molecule has 2 aromatic carbocycles. The molecule has 3 N–H and O–H groups in total. The van der Waals surface area contributed by atoms with Crippen molar-refractivity contribution in [1.82, 2.24) is 10.6 Å². The van der Waals surface area contributed by atoms with Crippen molar-refractivity contribution in [1.29, 1.82) is 0 Å². The van der Waals surface area contributed by atoms with Gasteiger partial charge in [0.1, 0.15) is 6.61 Å². The lowest BCUT2D eigenvalue weighted by Gasteiger charge is -2.41. The Kier molecular flexibility index (Phi) is 7.20. The molecule has 0 saturated heterocycles. The van der Waals surface area contributed by atoms with E-state index in [0.717, 1.165) is 17.5 Å². The van der Waals surface area contributed by atoms with Gasteiger partial charge in [0.2, 0.25) is 5.91 Å². The van der Waals surface area contributed by atoms with Crippen molar-refractivity contribution < 1.29 is 24.2 Å². The van der Waals surface area contributed by atoms with Crippen LogP contribution in [-0.4, -0.2) is 42.3 Å². The van der Waals surface area contributed by atoms with Crippen LogP contribution in [0.3, 0.4) is 0 Å². The molecule has 0 aromatic heterocycles. The van der Waals surface area contributed by atoms with Gasteiger partial charge in [-0.15, -0.1) is 0 Å². The van der Waals surface area contributed by atoms with Crippen molar-refractivity contribution in [2.45, 2.75) is 57.4 Å². The minimum absolute atomic E-state index is 0.0151. The molecule has 2 aliphatic carbocycles. The number of carboxylic acid groups (broad SMARTS) is 1. The largest absolute Gasteiger partial charge is 0.481 e. The Bertz CT molecular complexity index is 1020. The molecule has 0 heterocycles. The molecule has 0 radical (unpaired) electrons. The summed E-state index contributed by atoms with van der Waals surface area (Å²) in [6.45, 7) is 2.37. The second-order valence-electron chi connectivity index (χ2n) is 9.32. The van der Waals surface area contributed by atoms with E-state index in [0.29, 0.717) is 25.7 Å². The van der Waals surface area contributed by atoms with Crippen LogP contribution in [0.4, 0.5) is 4.79 Å². The highest BCUT2D eigenvalue weighted by Crippen LogP contribution is 2.44. The van der Waals surface area contributed by atoms with Gasteiger partial charge in [0, 0.05) is 24.9 Å². The zero-order valence-electron chi connectivity index (χ0n) is 19.5. The maximum absolute atomic E-state index is 13.0. The van der Waals surface area contributed by atoms with Crippen molar-refractivity contribution in [2.75, 3.05) is 13.2 Å². The molecule has 1 atom stereocenters. The summed E-state index contributed by atoms with van der Waals surface area (Å²) in [4.78, 5) is 36.4. The smallest absolute Gasteiger partial charge is 0.407 e. The number of carboxylic acids is 1. The molecule has 7 nitrogen and oxygen atoms in total. The first-order valence-corrected chi connectivity index (χ1v) is 12.0. The van der Waals surface area contributed by atoms with Crippen LogP contribution in [0.1, 0.15) is 62.5 Å². The Morgan fingerprint density at radius 2 is 1.68 bits per heavy atom. The topological polar surface area (TPSA) is 105 Å². The number of fused-ring (bicyclic) bond motifs is 3. The monoisotopic (exact) mass is 464 g/mol. The average molecular weight is 465 g/mol. The third-order valence-electron chi connectivity index (χ3n) is 7.24. The molecule has 4 rings (SSSR count). The number of amides is 2. The molecule has 0 aliphatic heterocycles. The van der Waals surface area contributed by atoms with E-state index in [2.05, 4.69) is 34.9 Å². The number of carbonyl (C=O) groups is 3. The number of carbonyl (C=O) groups excluding carboxylic acids is 2. The molecule has 2 aliphatic rings. The van der Waals surface area contributed by atoms with E-state index in [4.69, 9.17) is 9.84 Å². The summed E-state index contributed by atoms with van der Waals surface area (Å²) in [5.41, 5.74) is 4.00. The highest BCUT2D eigenvalue weighted by Gasteiger charge is 2.45. The lowest BCUT2D eigenvalue weighted by atomic mass is 9.68. The van der Waals surface area contributed by atoms with Gasteiger partial charge in [-0.05, 0) is 47.9 Å². The van der Waals surface area contributed by atoms with E-state index >= 15 is 0 Å². The lowest BCUT2D eigenvalue weighted by molar-refractivity contribution is -0.139. The fraction of sp³-hybridized carbons (Fsp3) is 0.444. The Labute approximate surface area is 199 Å². The average Bonchev–Trinajstić information content (AvgIpc) is 3.13. The highest BCUT2D eigenvalue weighted by atomic mass is 16.5. The van der Waals surface area contributed by atoms with Gasteiger partial charge in [-0.3, -0.25) is 9.59 Å². The number of alkyl carbamates (subject to hydrolysis) is 1. The number of rotatable bonds is 10. The van der Waals surface area contributed by atoms with Crippen LogP contribution >= 0.6 is 0 Å². The number of hydrogen-bond acceptors (Lipinski definition) is 4. The molecule has 0 bridgehead atoms. The summed E-state index contributed by atoms with van der Waals surface area (Å²) in [5, 5.41) is 14.7. The Morgan fingerprint density at radius 3 is 2.21 bits per heavy atom. The lowest BCUT2D eigenvalue weighted by Crippen LogP contribution is -2.54. The highest BCUT2D eigenvalue weighted by molar-refractivity contribution is 5.85. The molecule has 2 amide bonds. The van der Waals surface area contributed by atoms with Crippen molar-refractivity contribution in [3.8, 4) is 11.1 Å². The molecule has 180 valence electrons. The fourth-order valence-electron chi connectivity index (χ4n) is 4.99.